The standard InChI is InChI=1S/C13H15N3O2S/c1-10-5-3-4-6-13(10)19(17,18)15-9-12-7-8-14-11(2)16-12/h3-8,15H,9H2,1-2H3. The average Bonchev–Trinajstić information content (AvgIpc) is 2.37. The van der Waals surface area contributed by atoms with Gasteiger partial charge in [-0.05, 0) is 31.5 Å². The van der Waals surface area contributed by atoms with Gasteiger partial charge in [-0.2, -0.15) is 0 Å². The molecule has 2 aromatic rings. The van der Waals surface area contributed by atoms with Crippen molar-refractivity contribution in [2.24, 2.45) is 0 Å². The Morgan fingerprint density at radius 1 is 1.16 bits per heavy atom. The summed E-state index contributed by atoms with van der Waals surface area (Å²) in [5.74, 6) is 0.618. The van der Waals surface area contributed by atoms with Gasteiger partial charge in [-0.3, -0.25) is 0 Å². The first-order chi connectivity index (χ1) is 8.99. The van der Waals surface area contributed by atoms with Crippen molar-refractivity contribution in [1.29, 1.82) is 0 Å². The first-order valence-electron chi connectivity index (χ1n) is 5.83. The van der Waals surface area contributed by atoms with Gasteiger partial charge in [0, 0.05) is 6.20 Å². The van der Waals surface area contributed by atoms with Crippen LogP contribution < -0.4 is 4.72 Å². The van der Waals surface area contributed by atoms with Crippen LogP contribution in [0.15, 0.2) is 41.4 Å². The van der Waals surface area contributed by atoms with E-state index in [9.17, 15) is 8.42 Å². The van der Waals surface area contributed by atoms with Gasteiger partial charge in [-0.25, -0.2) is 23.1 Å². The molecule has 2 rings (SSSR count). The highest BCUT2D eigenvalue weighted by Gasteiger charge is 2.15. The van der Waals surface area contributed by atoms with Gasteiger partial charge in [-0.1, -0.05) is 18.2 Å². The average molecular weight is 277 g/mol. The second-order valence-corrected chi connectivity index (χ2v) is 5.92. The fourth-order valence-electron chi connectivity index (χ4n) is 1.71. The molecule has 1 heterocycles. The molecule has 6 heteroatoms. The molecule has 0 bridgehead atoms. The monoisotopic (exact) mass is 277 g/mol. The van der Waals surface area contributed by atoms with E-state index in [2.05, 4.69) is 14.7 Å². The molecule has 0 radical (unpaired) electrons. The topological polar surface area (TPSA) is 72.0 Å². The summed E-state index contributed by atoms with van der Waals surface area (Å²) >= 11 is 0. The van der Waals surface area contributed by atoms with Gasteiger partial charge in [0.1, 0.15) is 5.82 Å². The fourth-order valence-corrected chi connectivity index (χ4v) is 2.95. The Bertz CT molecular complexity index is 684. The Morgan fingerprint density at radius 2 is 1.89 bits per heavy atom. The van der Waals surface area contributed by atoms with Crippen LogP contribution in [0.2, 0.25) is 0 Å². The molecule has 1 aromatic carbocycles. The van der Waals surface area contributed by atoms with Gasteiger partial charge in [0.05, 0.1) is 17.1 Å². The number of aryl methyl sites for hydroxylation is 2. The highest BCUT2D eigenvalue weighted by Crippen LogP contribution is 2.14. The van der Waals surface area contributed by atoms with E-state index in [4.69, 9.17) is 0 Å². The van der Waals surface area contributed by atoms with Gasteiger partial charge in [0.15, 0.2) is 0 Å². The molecule has 0 spiro atoms. The summed E-state index contributed by atoms with van der Waals surface area (Å²) in [5.41, 5.74) is 1.36. The molecule has 1 aromatic heterocycles. The van der Waals surface area contributed by atoms with Crippen LogP contribution in [0.4, 0.5) is 0 Å². The maximum absolute atomic E-state index is 12.2. The van der Waals surface area contributed by atoms with E-state index < -0.39 is 10.0 Å². The van der Waals surface area contributed by atoms with Crippen LogP contribution in [0.3, 0.4) is 0 Å². The zero-order valence-electron chi connectivity index (χ0n) is 10.8. The molecule has 0 aliphatic heterocycles. The largest absolute Gasteiger partial charge is 0.242 e. The summed E-state index contributed by atoms with van der Waals surface area (Å²) in [6.45, 7) is 3.68. The maximum atomic E-state index is 12.2. The second-order valence-electron chi connectivity index (χ2n) is 4.19. The number of nitrogens with one attached hydrogen (secondary N) is 1. The Kier molecular flexibility index (Phi) is 3.92. The number of nitrogens with zero attached hydrogens (tertiary/aromatic N) is 2. The Balaban J connectivity index is 2.17. The summed E-state index contributed by atoms with van der Waals surface area (Å²) in [6, 6.07) is 8.55. The summed E-state index contributed by atoms with van der Waals surface area (Å²) in [6.07, 6.45) is 1.61. The highest BCUT2D eigenvalue weighted by atomic mass is 32.2. The first-order valence-corrected chi connectivity index (χ1v) is 7.31. The number of benzene rings is 1. The number of sulfonamides is 1. The molecule has 0 unspecified atom stereocenters. The fraction of sp³-hybridized carbons (Fsp3) is 0.231. The number of aromatic nitrogens is 2. The van der Waals surface area contributed by atoms with Crippen molar-refractivity contribution in [1.82, 2.24) is 14.7 Å². The summed E-state index contributed by atoms with van der Waals surface area (Å²) in [7, 11) is -3.51. The van der Waals surface area contributed by atoms with Crippen molar-refractivity contribution in [3.63, 3.8) is 0 Å². The lowest BCUT2D eigenvalue weighted by Gasteiger charge is -2.08. The molecule has 0 aliphatic rings. The van der Waals surface area contributed by atoms with Crippen LogP contribution in [-0.2, 0) is 16.6 Å². The van der Waals surface area contributed by atoms with Crippen molar-refractivity contribution in [3.8, 4) is 0 Å². The lowest BCUT2D eigenvalue weighted by atomic mass is 10.2. The lowest BCUT2D eigenvalue weighted by Crippen LogP contribution is -2.24. The molecular weight excluding hydrogens is 262 g/mol. The molecule has 5 nitrogen and oxygen atoms in total. The Morgan fingerprint density at radius 3 is 2.58 bits per heavy atom. The van der Waals surface area contributed by atoms with Crippen molar-refractivity contribution < 1.29 is 8.42 Å². The van der Waals surface area contributed by atoms with E-state index in [1.54, 1.807) is 44.3 Å². The molecule has 0 saturated heterocycles. The van der Waals surface area contributed by atoms with Crippen LogP contribution in [0.25, 0.3) is 0 Å². The van der Waals surface area contributed by atoms with E-state index in [0.717, 1.165) is 0 Å². The van der Waals surface area contributed by atoms with Gasteiger partial charge >= 0.3 is 0 Å². The summed E-state index contributed by atoms with van der Waals surface area (Å²) in [5, 5.41) is 0. The van der Waals surface area contributed by atoms with Crippen molar-refractivity contribution in [2.45, 2.75) is 25.3 Å². The zero-order chi connectivity index (χ0) is 13.9. The van der Waals surface area contributed by atoms with Gasteiger partial charge < -0.3 is 0 Å². The molecule has 19 heavy (non-hydrogen) atoms. The van der Waals surface area contributed by atoms with Gasteiger partial charge in [0.2, 0.25) is 10.0 Å². The van der Waals surface area contributed by atoms with E-state index in [1.165, 1.54) is 0 Å². The molecule has 0 atom stereocenters. The van der Waals surface area contributed by atoms with Crippen molar-refractivity contribution in [2.75, 3.05) is 0 Å². The molecule has 0 amide bonds. The minimum absolute atomic E-state index is 0.153. The first kappa shape index (κ1) is 13.6. The smallest absolute Gasteiger partial charge is 0.241 e. The van der Waals surface area contributed by atoms with Gasteiger partial charge in [0.25, 0.3) is 0 Å². The third-order valence-electron chi connectivity index (χ3n) is 2.66. The number of hydrogen-bond acceptors (Lipinski definition) is 4. The van der Waals surface area contributed by atoms with Crippen LogP contribution in [-0.4, -0.2) is 18.4 Å². The molecule has 1 N–H and O–H groups in total. The molecule has 0 saturated carbocycles. The Hall–Kier alpha value is -1.79. The van der Waals surface area contributed by atoms with Crippen LogP contribution >= 0.6 is 0 Å². The third-order valence-corrected chi connectivity index (χ3v) is 4.22. The van der Waals surface area contributed by atoms with Gasteiger partial charge in [-0.15, -0.1) is 0 Å². The van der Waals surface area contributed by atoms with E-state index in [0.29, 0.717) is 22.0 Å². The maximum Gasteiger partial charge on any atom is 0.241 e. The number of hydrogen-bond donors (Lipinski definition) is 1. The quantitative estimate of drug-likeness (QED) is 0.920. The minimum Gasteiger partial charge on any atom is -0.242 e. The third kappa shape index (κ3) is 3.36. The van der Waals surface area contributed by atoms with Crippen molar-refractivity contribution in [3.05, 3.63) is 53.6 Å². The zero-order valence-corrected chi connectivity index (χ0v) is 11.6. The Labute approximate surface area is 112 Å². The molecule has 0 fully saturated rings. The normalized spacial score (nSPS) is 11.5. The SMILES string of the molecule is Cc1nccc(CNS(=O)(=O)c2ccccc2C)n1. The molecule has 100 valence electrons. The predicted octanol–water partition coefficient (Wildman–Crippen LogP) is 1.57. The highest BCUT2D eigenvalue weighted by molar-refractivity contribution is 7.89. The molecule has 0 aliphatic carbocycles. The van der Waals surface area contributed by atoms with E-state index in [-0.39, 0.29) is 6.54 Å². The van der Waals surface area contributed by atoms with Crippen LogP contribution in [0, 0.1) is 13.8 Å². The number of rotatable bonds is 4. The summed E-state index contributed by atoms with van der Waals surface area (Å²) < 4.78 is 26.9. The van der Waals surface area contributed by atoms with Crippen LogP contribution in [0.5, 0.6) is 0 Å². The predicted molar refractivity (Wildman–Crippen MR) is 72.0 cm³/mol. The van der Waals surface area contributed by atoms with E-state index in [1.807, 2.05) is 6.07 Å². The second kappa shape index (κ2) is 5.46. The summed E-state index contributed by atoms with van der Waals surface area (Å²) in [4.78, 5) is 8.41. The molecular formula is C13H15N3O2S. The van der Waals surface area contributed by atoms with E-state index >= 15 is 0 Å². The van der Waals surface area contributed by atoms with Crippen molar-refractivity contribution >= 4 is 10.0 Å². The lowest BCUT2D eigenvalue weighted by molar-refractivity contribution is 0.579. The minimum atomic E-state index is -3.51. The van der Waals surface area contributed by atoms with Crippen LogP contribution in [0.1, 0.15) is 17.1 Å².